The molecule has 2 nitrogen and oxygen atoms in total. The Hall–Kier alpha value is -1.09. The number of rotatable bonds is 4. The van der Waals surface area contributed by atoms with Gasteiger partial charge in [0.25, 0.3) is 0 Å². The maximum Gasteiger partial charge on any atom is 0.165 e. The van der Waals surface area contributed by atoms with Gasteiger partial charge in [-0.3, -0.25) is 0 Å². The molecular weight excluding hydrogens is 207 g/mol. The van der Waals surface area contributed by atoms with Crippen LogP contribution in [0.4, 0.5) is 4.39 Å². The Kier molecular flexibility index (Phi) is 3.44. The van der Waals surface area contributed by atoms with E-state index in [0.717, 1.165) is 18.4 Å². The standard InChI is InChI=1S/C13H17FO2/c1-16-13-6-5-9(7-11(13)14)8-12(15)10-3-2-4-10/h5-7,10,12,15H,2-4,8H2,1H3. The molecule has 88 valence electrons. The minimum absolute atomic E-state index is 0.252. The van der Waals surface area contributed by atoms with Crippen molar-refractivity contribution in [1.29, 1.82) is 0 Å². The van der Waals surface area contributed by atoms with Crippen LogP contribution in [0.2, 0.25) is 0 Å². The fourth-order valence-corrected chi connectivity index (χ4v) is 2.07. The molecule has 1 unspecified atom stereocenters. The van der Waals surface area contributed by atoms with E-state index in [1.165, 1.54) is 19.6 Å². The van der Waals surface area contributed by atoms with Gasteiger partial charge in [0.2, 0.25) is 0 Å². The van der Waals surface area contributed by atoms with Crippen molar-refractivity contribution in [2.75, 3.05) is 7.11 Å². The first-order valence-corrected chi connectivity index (χ1v) is 5.71. The molecule has 0 spiro atoms. The molecule has 0 amide bonds. The van der Waals surface area contributed by atoms with E-state index in [1.807, 2.05) is 6.07 Å². The van der Waals surface area contributed by atoms with Crippen LogP contribution in [0.25, 0.3) is 0 Å². The van der Waals surface area contributed by atoms with Crippen molar-refractivity contribution in [3.63, 3.8) is 0 Å². The molecule has 1 saturated carbocycles. The van der Waals surface area contributed by atoms with Crippen LogP contribution < -0.4 is 4.74 Å². The summed E-state index contributed by atoms with van der Waals surface area (Å²) in [6.45, 7) is 0. The van der Waals surface area contributed by atoms with Crippen molar-refractivity contribution in [3.8, 4) is 5.75 Å². The lowest BCUT2D eigenvalue weighted by atomic mass is 9.79. The van der Waals surface area contributed by atoms with Crippen molar-refractivity contribution in [1.82, 2.24) is 0 Å². The number of ether oxygens (including phenoxy) is 1. The summed E-state index contributed by atoms with van der Waals surface area (Å²) in [5, 5.41) is 9.89. The fourth-order valence-electron chi connectivity index (χ4n) is 2.07. The van der Waals surface area contributed by atoms with Gasteiger partial charge in [-0.1, -0.05) is 12.5 Å². The van der Waals surface area contributed by atoms with Crippen molar-refractivity contribution < 1.29 is 14.2 Å². The molecule has 2 rings (SSSR count). The Morgan fingerprint density at radius 3 is 2.75 bits per heavy atom. The summed E-state index contributed by atoms with van der Waals surface area (Å²) >= 11 is 0. The van der Waals surface area contributed by atoms with Gasteiger partial charge in [-0.2, -0.15) is 0 Å². The number of aliphatic hydroxyl groups excluding tert-OH is 1. The first-order chi connectivity index (χ1) is 7.70. The highest BCUT2D eigenvalue weighted by molar-refractivity contribution is 5.29. The van der Waals surface area contributed by atoms with E-state index >= 15 is 0 Å². The van der Waals surface area contributed by atoms with Crippen LogP contribution in [0, 0.1) is 11.7 Å². The molecule has 1 aliphatic rings. The second kappa shape index (κ2) is 4.83. The van der Waals surface area contributed by atoms with Crippen molar-refractivity contribution in [2.45, 2.75) is 31.8 Å². The third-order valence-electron chi connectivity index (χ3n) is 3.36. The summed E-state index contributed by atoms with van der Waals surface area (Å²) in [5.74, 6) is 0.299. The van der Waals surface area contributed by atoms with Gasteiger partial charge in [-0.25, -0.2) is 4.39 Å². The second-order valence-corrected chi connectivity index (χ2v) is 4.43. The minimum atomic E-state index is -0.360. The Balaban J connectivity index is 2.01. The van der Waals surface area contributed by atoms with E-state index in [9.17, 15) is 9.50 Å². The Labute approximate surface area is 95.1 Å². The Morgan fingerprint density at radius 1 is 1.50 bits per heavy atom. The van der Waals surface area contributed by atoms with E-state index in [0.29, 0.717) is 12.3 Å². The monoisotopic (exact) mass is 224 g/mol. The largest absolute Gasteiger partial charge is 0.494 e. The number of methoxy groups -OCH3 is 1. The molecule has 1 N–H and O–H groups in total. The van der Waals surface area contributed by atoms with Crippen molar-refractivity contribution in [2.24, 2.45) is 5.92 Å². The summed E-state index contributed by atoms with van der Waals surface area (Å²) in [6, 6.07) is 4.86. The Bertz CT molecular complexity index is 361. The zero-order chi connectivity index (χ0) is 11.5. The topological polar surface area (TPSA) is 29.5 Å². The summed E-state index contributed by atoms with van der Waals surface area (Å²) in [5.41, 5.74) is 0.831. The van der Waals surface area contributed by atoms with E-state index in [4.69, 9.17) is 4.74 Å². The number of benzene rings is 1. The molecule has 1 fully saturated rings. The van der Waals surface area contributed by atoms with Crippen LogP contribution in [-0.2, 0) is 6.42 Å². The lowest BCUT2D eigenvalue weighted by Crippen LogP contribution is -2.28. The molecule has 0 radical (unpaired) electrons. The molecule has 3 heteroatoms. The predicted molar refractivity (Wildman–Crippen MR) is 60.0 cm³/mol. The second-order valence-electron chi connectivity index (χ2n) is 4.43. The maximum atomic E-state index is 13.4. The SMILES string of the molecule is COc1ccc(CC(O)C2CCC2)cc1F. The summed E-state index contributed by atoms with van der Waals surface area (Å²) in [7, 11) is 1.45. The third-order valence-corrected chi connectivity index (χ3v) is 3.36. The highest BCUT2D eigenvalue weighted by Crippen LogP contribution is 2.31. The van der Waals surface area contributed by atoms with Gasteiger partial charge in [-0.05, 0) is 42.9 Å². The molecule has 1 aliphatic carbocycles. The number of hydrogen-bond donors (Lipinski definition) is 1. The maximum absolute atomic E-state index is 13.4. The normalized spacial score (nSPS) is 17.9. The van der Waals surface area contributed by atoms with Gasteiger partial charge >= 0.3 is 0 Å². The number of halogens is 1. The number of hydrogen-bond acceptors (Lipinski definition) is 2. The Morgan fingerprint density at radius 2 is 2.25 bits per heavy atom. The van der Waals surface area contributed by atoms with E-state index in [-0.39, 0.29) is 17.7 Å². The quantitative estimate of drug-likeness (QED) is 0.851. The summed E-state index contributed by atoms with van der Waals surface area (Å²) in [6.07, 6.45) is 3.60. The average molecular weight is 224 g/mol. The molecule has 16 heavy (non-hydrogen) atoms. The average Bonchev–Trinajstić information content (AvgIpc) is 2.15. The molecule has 1 aromatic carbocycles. The zero-order valence-corrected chi connectivity index (χ0v) is 9.45. The molecule has 0 aliphatic heterocycles. The van der Waals surface area contributed by atoms with Gasteiger partial charge in [0.1, 0.15) is 0 Å². The van der Waals surface area contributed by atoms with Gasteiger partial charge < -0.3 is 9.84 Å². The van der Waals surface area contributed by atoms with Crippen LogP contribution in [0.15, 0.2) is 18.2 Å². The van der Waals surface area contributed by atoms with Crippen molar-refractivity contribution >= 4 is 0 Å². The van der Waals surface area contributed by atoms with Crippen LogP contribution >= 0.6 is 0 Å². The van der Waals surface area contributed by atoms with E-state index < -0.39 is 0 Å². The number of aliphatic hydroxyl groups is 1. The molecule has 0 heterocycles. The van der Waals surface area contributed by atoms with Gasteiger partial charge in [0, 0.05) is 0 Å². The van der Waals surface area contributed by atoms with Crippen LogP contribution in [0.3, 0.4) is 0 Å². The van der Waals surface area contributed by atoms with Crippen molar-refractivity contribution in [3.05, 3.63) is 29.6 Å². The summed E-state index contributed by atoms with van der Waals surface area (Å²) in [4.78, 5) is 0. The highest BCUT2D eigenvalue weighted by atomic mass is 19.1. The van der Waals surface area contributed by atoms with Crippen LogP contribution in [-0.4, -0.2) is 18.3 Å². The molecule has 1 atom stereocenters. The summed E-state index contributed by atoms with van der Waals surface area (Å²) < 4.78 is 18.2. The van der Waals surface area contributed by atoms with E-state index in [1.54, 1.807) is 6.07 Å². The lowest BCUT2D eigenvalue weighted by Gasteiger charge is -2.30. The van der Waals surface area contributed by atoms with Crippen LogP contribution in [0.5, 0.6) is 5.75 Å². The molecule has 0 aromatic heterocycles. The molecular formula is C13H17FO2. The zero-order valence-electron chi connectivity index (χ0n) is 9.45. The smallest absolute Gasteiger partial charge is 0.165 e. The predicted octanol–water partition coefficient (Wildman–Crippen LogP) is 2.54. The third kappa shape index (κ3) is 2.35. The first kappa shape index (κ1) is 11.4. The molecule has 1 aromatic rings. The lowest BCUT2D eigenvalue weighted by molar-refractivity contribution is 0.0629. The van der Waals surface area contributed by atoms with Crippen LogP contribution in [0.1, 0.15) is 24.8 Å². The molecule has 0 saturated heterocycles. The fraction of sp³-hybridized carbons (Fsp3) is 0.538. The van der Waals surface area contributed by atoms with Gasteiger partial charge in [-0.15, -0.1) is 0 Å². The first-order valence-electron chi connectivity index (χ1n) is 5.71. The minimum Gasteiger partial charge on any atom is -0.494 e. The van der Waals surface area contributed by atoms with Gasteiger partial charge in [0.15, 0.2) is 11.6 Å². The highest BCUT2D eigenvalue weighted by Gasteiger charge is 2.25. The molecule has 0 bridgehead atoms. The van der Waals surface area contributed by atoms with E-state index in [2.05, 4.69) is 0 Å². The van der Waals surface area contributed by atoms with Gasteiger partial charge in [0.05, 0.1) is 13.2 Å².